The van der Waals surface area contributed by atoms with Crippen LogP contribution in [0.15, 0.2) is 50.8 Å². The Balaban J connectivity index is 1.87. The van der Waals surface area contributed by atoms with Gasteiger partial charge in [-0.15, -0.1) is 0 Å². The van der Waals surface area contributed by atoms with E-state index in [2.05, 4.69) is 22.9 Å². The number of allylic oxidation sites excluding steroid dienone is 4. The van der Waals surface area contributed by atoms with Crippen LogP contribution >= 0.6 is 11.3 Å². The Morgan fingerprint density at radius 3 is 2.86 bits per heavy atom. The van der Waals surface area contributed by atoms with Crippen LogP contribution in [0.4, 0.5) is 0 Å². The fourth-order valence-electron chi connectivity index (χ4n) is 3.92. The number of nitriles is 1. The van der Waals surface area contributed by atoms with Crippen LogP contribution in [0.3, 0.4) is 0 Å². The summed E-state index contributed by atoms with van der Waals surface area (Å²) >= 11 is 1.66. The third kappa shape index (κ3) is 2.00. The summed E-state index contributed by atoms with van der Waals surface area (Å²) in [6.45, 7) is 0. The molecular formula is C18H18N2OS. The van der Waals surface area contributed by atoms with Crippen LogP contribution < -0.4 is 5.73 Å². The average molecular weight is 310 g/mol. The SMILES string of the molecule is N#CC1=C(N)OC2=C(CCC3=C2CCCC3)C1c1ccsc1. The molecule has 0 spiro atoms. The van der Waals surface area contributed by atoms with Gasteiger partial charge in [-0.1, -0.05) is 5.57 Å². The standard InChI is InChI=1S/C18H18N2OS/c19-9-15-16(12-7-8-22-10-12)14-6-5-11-3-1-2-4-13(11)17(14)21-18(15)20/h7-8,10,16H,1-6,20H2. The third-order valence-corrected chi connectivity index (χ3v) is 5.66. The summed E-state index contributed by atoms with van der Waals surface area (Å²) in [6, 6.07) is 4.38. The van der Waals surface area contributed by atoms with Crippen molar-refractivity contribution in [1.29, 1.82) is 5.26 Å². The fourth-order valence-corrected chi connectivity index (χ4v) is 4.61. The lowest BCUT2D eigenvalue weighted by atomic mass is 9.74. The lowest BCUT2D eigenvalue weighted by Crippen LogP contribution is -2.24. The molecule has 1 unspecified atom stereocenters. The Morgan fingerprint density at radius 1 is 1.23 bits per heavy atom. The second-order valence-electron chi connectivity index (χ2n) is 6.13. The molecule has 3 aliphatic rings. The summed E-state index contributed by atoms with van der Waals surface area (Å²) in [5.74, 6) is 1.25. The van der Waals surface area contributed by atoms with Gasteiger partial charge >= 0.3 is 0 Å². The Hall–Kier alpha value is -1.99. The molecule has 0 aromatic carbocycles. The minimum Gasteiger partial charge on any atom is -0.440 e. The van der Waals surface area contributed by atoms with E-state index in [1.807, 2.05) is 0 Å². The van der Waals surface area contributed by atoms with Crippen molar-refractivity contribution in [2.75, 3.05) is 0 Å². The predicted octanol–water partition coefficient (Wildman–Crippen LogP) is 4.47. The van der Waals surface area contributed by atoms with Crippen LogP contribution in [0.1, 0.15) is 50.0 Å². The van der Waals surface area contributed by atoms with Crippen molar-refractivity contribution in [3.05, 3.63) is 56.3 Å². The summed E-state index contributed by atoms with van der Waals surface area (Å²) < 4.78 is 5.95. The Bertz CT molecular complexity index is 747. The van der Waals surface area contributed by atoms with Gasteiger partial charge in [0.2, 0.25) is 5.88 Å². The second-order valence-corrected chi connectivity index (χ2v) is 6.91. The van der Waals surface area contributed by atoms with Crippen molar-refractivity contribution < 1.29 is 4.74 Å². The van der Waals surface area contributed by atoms with Gasteiger partial charge in [0.1, 0.15) is 17.4 Å². The van der Waals surface area contributed by atoms with Crippen molar-refractivity contribution >= 4 is 11.3 Å². The minimum atomic E-state index is -0.0176. The summed E-state index contributed by atoms with van der Waals surface area (Å²) in [5.41, 5.74) is 12.0. The van der Waals surface area contributed by atoms with E-state index in [4.69, 9.17) is 10.5 Å². The molecule has 1 aliphatic heterocycles. The van der Waals surface area contributed by atoms with Gasteiger partial charge in [-0.3, -0.25) is 0 Å². The molecule has 1 aromatic rings. The van der Waals surface area contributed by atoms with Gasteiger partial charge in [-0.05, 0) is 72.1 Å². The largest absolute Gasteiger partial charge is 0.440 e. The van der Waals surface area contributed by atoms with Crippen LogP contribution in [0.5, 0.6) is 0 Å². The van der Waals surface area contributed by atoms with E-state index in [0.717, 1.165) is 25.0 Å². The molecule has 0 amide bonds. The van der Waals surface area contributed by atoms with Crippen molar-refractivity contribution in [1.82, 2.24) is 0 Å². The number of nitrogens with zero attached hydrogens (tertiary/aromatic N) is 1. The second kappa shape index (κ2) is 5.33. The Kier molecular flexibility index (Phi) is 3.31. The number of rotatable bonds is 1. The van der Waals surface area contributed by atoms with Crippen molar-refractivity contribution in [2.24, 2.45) is 5.73 Å². The van der Waals surface area contributed by atoms with Crippen LogP contribution in [0, 0.1) is 11.3 Å². The van der Waals surface area contributed by atoms with E-state index < -0.39 is 0 Å². The molecule has 0 saturated carbocycles. The minimum absolute atomic E-state index is 0.0176. The molecule has 0 radical (unpaired) electrons. The first kappa shape index (κ1) is 13.7. The number of nitrogens with two attached hydrogens (primary N) is 1. The zero-order chi connectivity index (χ0) is 15.1. The van der Waals surface area contributed by atoms with Gasteiger partial charge in [0.25, 0.3) is 0 Å². The molecule has 1 aromatic heterocycles. The molecule has 22 heavy (non-hydrogen) atoms. The summed E-state index contributed by atoms with van der Waals surface area (Å²) in [6.07, 6.45) is 6.86. The fraction of sp³-hybridized carbons (Fsp3) is 0.389. The quantitative estimate of drug-likeness (QED) is 0.832. The number of thiophene rings is 1. The van der Waals surface area contributed by atoms with Gasteiger partial charge in [0.05, 0.1) is 5.92 Å². The number of fused-ring (bicyclic) bond motifs is 1. The van der Waals surface area contributed by atoms with Crippen molar-refractivity contribution in [2.45, 2.75) is 44.4 Å². The molecule has 0 fully saturated rings. The Labute approximate surface area is 134 Å². The van der Waals surface area contributed by atoms with E-state index in [1.165, 1.54) is 36.0 Å². The zero-order valence-electron chi connectivity index (χ0n) is 12.4. The molecule has 4 rings (SSSR count). The lowest BCUT2D eigenvalue weighted by molar-refractivity contribution is 0.275. The number of ether oxygens (including phenoxy) is 1. The average Bonchev–Trinajstić information content (AvgIpc) is 3.07. The van der Waals surface area contributed by atoms with E-state index in [0.29, 0.717) is 5.57 Å². The predicted molar refractivity (Wildman–Crippen MR) is 86.7 cm³/mol. The first-order valence-electron chi connectivity index (χ1n) is 7.83. The Morgan fingerprint density at radius 2 is 2.09 bits per heavy atom. The van der Waals surface area contributed by atoms with Crippen molar-refractivity contribution in [3.8, 4) is 6.07 Å². The van der Waals surface area contributed by atoms with E-state index in [-0.39, 0.29) is 11.8 Å². The number of hydrogen-bond acceptors (Lipinski definition) is 4. The molecule has 0 bridgehead atoms. The zero-order valence-corrected chi connectivity index (χ0v) is 13.2. The van der Waals surface area contributed by atoms with Gasteiger partial charge < -0.3 is 10.5 Å². The van der Waals surface area contributed by atoms with E-state index in [9.17, 15) is 5.26 Å². The van der Waals surface area contributed by atoms with Gasteiger partial charge in [-0.25, -0.2) is 0 Å². The topological polar surface area (TPSA) is 59.0 Å². The van der Waals surface area contributed by atoms with Gasteiger partial charge in [-0.2, -0.15) is 16.6 Å². The summed E-state index contributed by atoms with van der Waals surface area (Å²) in [5, 5.41) is 13.7. The maximum atomic E-state index is 9.55. The highest BCUT2D eigenvalue weighted by molar-refractivity contribution is 7.08. The maximum absolute atomic E-state index is 9.55. The maximum Gasteiger partial charge on any atom is 0.205 e. The molecule has 2 heterocycles. The first-order chi connectivity index (χ1) is 10.8. The van der Waals surface area contributed by atoms with Crippen LogP contribution in [0.25, 0.3) is 0 Å². The smallest absolute Gasteiger partial charge is 0.205 e. The van der Waals surface area contributed by atoms with Crippen molar-refractivity contribution in [3.63, 3.8) is 0 Å². The molecule has 4 heteroatoms. The van der Waals surface area contributed by atoms with Crippen LogP contribution in [0.2, 0.25) is 0 Å². The third-order valence-electron chi connectivity index (χ3n) is 4.96. The molecule has 0 saturated heterocycles. The van der Waals surface area contributed by atoms with Crippen LogP contribution in [-0.4, -0.2) is 0 Å². The van der Waals surface area contributed by atoms with E-state index in [1.54, 1.807) is 16.9 Å². The molecule has 2 aliphatic carbocycles. The highest BCUT2D eigenvalue weighted by Gasteiger charge is 2.37. The molecule has 1 atom stereocenters. The highest BCUT2D eigenvalue weighted by atomic mass is 32.1. The van der Waals surface area contributed by atoms with Gasteiger partial charge in [0.15, 0.2) is 0 Å². The summed E-state index contributed by atoms with van der Waals surface area (Å²) in [7, 11) is 0. The van der Waals surface area contributed by atoms with Gasteiger partial charge in [0, 0.05) is 0 Å². The first-order valence-corrected chi connectivity index (χ1v) is 8.78. The molecule has 2 N–H and O–H groups in total. The van der Waals surface area contributed by atoms with E-state index >= 15 is 0 Å². The molecule has 112 valence electrons. The molecular weight excluding hydrogens is 292 g/mol. The highest BCUT2D eigenvalue weighted by Crippen LogP contribution is 2.49. The number of hydrogen-bond donors (Lipinski definition) is 1. The monoisotopic (exact) mass is 310 g/mol. The lowest BCUT2D eigenvalue weighted by Gasteiger charge is -2.35. The van der Waals surface area contributed by atoms with Crippen LogP contribution in [-0.2, 0) is 4.74 Å². The summed E-state index contributed by atoms with van der Waals surface area (Å²) in [4.78, 5) is 0. The normalized spacial score (nSPS) is 24.6. The molecule has 3 nitrogen and oxygen atoms in total.